The number of hydrogen-bond donors (Lipinski definition) is 2. The Morgan fingerprint density at radius 3 is 2.25 bits per heavy atom. The van der Waals surface area contributed by atoms with Gasteiger partial charge < -0.3 is 4.74 Å². The van der Waals surface area contributed by atoms with Crippen LogP contribution in [0, 0.1) is 13.8 Å². The van der Waals surface area contributed by atoms with E-state index in [1.165, 1.54) is 18.2 Å². The second-order valence-electron chi connectivity index (χ2n) is 5.24. The van der Waals surface area contributed by atoms with Gasteiger partial charge in [0.25, 0.3) is 11.8 Å². The molecule has 0 aromatic heterocycles. The van der Waals surface area contributed by atoms with Gasteiger partial charge in [0.15, 0.2) is 6.61 Å². The maximum atomic E-state index is 11.9. The minimum atomic E-state index is -0.506. The van der Waals surface area contributed by atoms with Crippen LogP contribution in [0.25, 0.3) is 0 Å². The molecule has 0 saturated heterocycles. The number of carbonyl (C=O) groups excluding carboxylic acids is 2. The second kappa shape index (κ2) is 8.04. The zero-order valence-corrected chi connectivity index (χ0v) is 14.7. The summed E-state index contributed by atoms with van der Waals surface area (Å²) in [7, 11) is 0. The molecular weight excluding hydrogens is 351 g/mol. The van der Waals surface area contributed by atoms with Crippen molar-refractivity contribution < 1.29 is 14.3 Å². The van der Waals surface area contributed by atoms with Crippen LogP contribution >= 0.6 is 23.2 Å². The van der Waals surface area contributed by atoms with E-state index in [1.807, 2.05) is 32.0 Å². The average Bonchev–Trinajstić information content (AvgIpc) is 2.52. The standard InChI is InChI=1S/C17H16Cl2N2O3/c1-10-5-11(2)7-13(6-10)24-9-16(22)20-21-17(23)12-3-4-14(18)15(19)8-12/h3-8H,9H2,1-2H3,(H,20,22)(H,21,23). The minimum Gasteiger partial charge on any atom is -0.484 e. The van der Waals surface area contributed by atoms with Gasteiger partial charge in [-0.05, 0) is 55.3 Å². The molecule has 0 saturated carbocycles. The fraction of sp³-hybridized carbons (Fsp3) is 0.176. The highest BCUT2D eigenvalue weighted by atomic mass is 35.5. The Kier molecular flexibility index (Phi) is 6.06. The van der Waals surface area contributed by atoms with Gasteiger partial charge in [-0.2, -0.15) is 0 Å². The van der Waals surface area contributed by atoms with Crippen LogP contribution in [0.1, 0.15) is 21.5 Å². The molecule has 0 unspecified atom stereocenters. The highest BCUT2D eigenvalue weighted by Gasteiger charge is 2.10. The third-order valence-corrected chi connectivity index (χ3v) is 3.80. The predicted octanol–water partition coefficient (Wildman–Crippen LogP) is 3.45. The molecule has 7 heteroatoms. The number of hydrogen-bond acceptors (Lipinski definition) is 3. The van der Waals surface area contributed by atoms with E-state index in [0.29, 0.717) is 10.8 Å². The molecule has 2 amide bonds. The number of amides is 2. The van der Waals surface area contributed by atoms with Gasteiger partial charge in [-0.1, -0.05) is 29.3 Å². The molecule has 0 aliphatic rings. The molecule has 2 N–H and O–H groups in total. The maximum Gasteiger partial charge on any atom is 0.276 e. The molecule has 2 aromatic carbocycles. The predicted molar refractivity (Wildman–Crippen MR) is 93.5 cm³/mol. The van der Waals surface area contributed by atoms with E-state index in [2.05, 4.69) is 10.9 Å². The summed E-state index contributed by atoms with van der Waals surface area (Å²) in [6, 6.07) is 10.1. The first-order valence-electron chi connectivity index (χ1n) is 7.10. The zero-order valence-electron chi connectivity index (χ0n) is 13.2. The Morgan fingerprint density at radius 1 is 0.958 bits per heavy atom. The molecule has 24 heavy (non-hydrogen) atoms. The van der Waals surface area contributed by atoms with Crippen molar-refractivity contribution in [3.05, 3.63) is 63.1 Å². The lowest BCUT2D eigenvalue weighted by atomic mass is 10.1. The van der Waals surface area contributed by atoms with Crippen molar-refractivity contribution >= 4 is 35.0 Å². The van der Waals surface area contributed by atoms with Gasteiger partial charge in [0.2, 0.25) is 0 Å². The van der Waals surface area contributed by atoms with Crippen LogP contribution in [0.3, 0.4) is 0 Å². The van der Waals surface area contributed by atoms with Gasteiger partial charge in [-0.15, -0.1) is 0 Å². The Bertz CT molecular complexity index is 758. The smallest absolute Gasteiger partial charge is 0.276 e. The van der Waals surface area contributed by atoms with Crippen LogP contribution in [-0.4, -0.2) is 18.4 Å². The Morgan fingerprint density at radius 2 is 1.62 bits per heavy atom. The summed E-state index contributed by atoms with van der Waals surface area (Å²) < 4.78 is 5.40. The summed E-state index contributed by atoms with van der Waals surface area (Å²) in [5.74, 6) is -0.394. The van der Waals surface area contributed by atoms with Gasteiger partial charge in [0.1, 0.15) is 5.75 Å². The highest BCUT2D eigenvalue weighted by Crippen LogP contribution is 2.22. The first kappa shape index (κ1) is 18.1. The molecule has 0 aliphatic heterocycles. The monoisotopic (exact) mass is 366 g/mol. The summed E-state index contributed by atoms with van der Waals surface area (Å²) in [6.07, 6.45) is 0. The Labute approximate surface area is 149 Å². The summed E-state index contributed by atoms with van der Waals surface area (Å²) in [4.78, 5) is 23.7. The van der Waals surface area contributed by atoms with Crippen LogP contribution in [-0.2, 0) is 4.79 Å². The summed E-state index contributed by atoms with van der Waals surface area (Å²) >= 11 is 11.6. The third kappa shape index (κ3) is 5.15. The van der Waals surface area contributed by atoms with Crippen molar-refractivity contribution in [3.63, 3.8) is 0 Å². The van der Waals surface area contributed by atoms with Gasteiger partial charge in [-0.25, -0.2) is 0 Å². The Hall–Kier alpha value is -2.24. The molecule has 2 aromatic rings. The molecule has 0 bridgehead atoms. The SMILES string of the molecule is Cc1cc(C)cc(OCC(=O)NNC(=O)c2ccc(Cl)c(Cl)c2)c1. The van der Waals surface area contributed by atoms with E-state index >= 15 is 0 Å². The van der Waals surface area contributed by atoms with E-state index in [0.717, 1.165) is 11.1 Å². The number of benzene rings is 2. The summed E-state index contributed by atoms with van der Waals surface area (Å²) in [5.41, 5.74) is 6.92. The fourth-order valence-corrected chi connectivity index (χ4v) is 2.34. The molecule has 0 radical (unpaired) electrons. The van der Waals surface area contributed by atoms with Gasteiger partial charge in [0, 0.05) is 5.56 Å². The average molecular weight is 367 g/mol. The molecule has 0 heterocycles. The lowest BCUT2D eigenvalue weighted by molar-refractivity contribution is -0.123. The van der Waals surface area contributed by atoms with Gasteiger partial charge in [0.05, 0.1) is 10.0 Å². The number of hydrazine groups is 1. The van der Waals surface area contributed by atoms with Crippen LogP contribution in [0.5, 0.6) is 5.75 Å². The number of ether oxygens (including phenoxy) is 1. The van der Waals surface area contributed by atoms with E-state index in [1.54, 1.807) is 0 Å². The third-order valence-electron chi connectivity index (χ3n) is 3.06. The van der Waals surface area contributed by atoms with Crippen molar-refractivity contribution in [2.24, 2.45) is 0 Å². The molecule has 126 valence electrons. The fourth-order valence-electron chi connectivity index (χ4n) is 2.04. The summed E-state index contributed by atoms with van der Waals surface area (Å²) in [6.45, 7) is 3.67. The van der Waals surface area contributed by atoms with E-state index in [9.17, 15) is 9.59 Å². The summed E-state index contributed by atoms with van der Waals surface area (Å²) in [5, 5.41) is 0.605. The number of aryl methyl sites for hydroxylation is 2. The number of rotatable bonds is 4. The number of carbonyl (C=O) groups is 2. The van der Waals surface area contributed by atoms with Crippen molar-refractivity contribution in [2.75, 3.05) is 6.61 Å². The van der Waals surface area contributed by atoms with Crippen LogP contribution in [0.2, 0.25) is 10.0 Å². The number of halogens is 2. The van der Waals surface area contributed by atoms with Crippen LogP contribution in [0.15, 0.2) is 36.4 Å². The van der Waals surface area contributed by atoms with Crippen molar-refractivity contribution in [1.29, 1.82) is 0 Å². The molecule has 5 nitrogen and oxygen atoms in total. The van der Waals surface area contributed by atoms with Crippen molar-refractivity contribution in [1.82, 2.24) is 10.9 Å². The van der Waals surface area contributed by atoms with E-state index in [4.69, 9.17) is 27.9 Å². The molecule has 2 rings (SSSR count). The van der Waals surface area contributed by atoms with Gasteiger partial charge >= 0.3 is 0 Å². The zero-order chi connectivity index (χ0) is 17.7. The quantitative estimate of drug-likeness (QED) is 0.814. The highest BCUT2D eigenvalue weighted by molar-refractivity contribution is 6.42. The molecule has 0 fully saturated rings. The van der Waals surface area contributed by atoms with Crippen LogP contribution < -0.4 is 15.6 Å². The normalized spacial score (nSPS) is 10.2. The Balaban J connectivity index is 1.84. The molecule has 0 atom stereocenters. The lowest BCUT2D eigenvalue weighted by Crippen LogP contribution is -2.43. The minimum absolute atomic E-state index is 0.218. The van der Waals surface area contributed by atoms with Gasteiger partial charge in [-0.3, -0.25) is 20.4 Å². The largest absolute Gasteiger partial charge is 0.484 e. The van der Waals surface area contributed by atoms with Crippen LogP contribution in [0.4, 0.5) is 0 Å². The number of nitrogens with one attached hydrogen (secondary N) is 2. The van der Waals surface area contributed by atoms with E-state index < -0.39 is 11.8 Å². The molecular formula is C17H16Cl2N2O3. The molecule has 0 spiro atoms. The topological polar surface area (TPSA) is 67.4 Å². The second-order valence-corrected chi connectivity index (χ2v) is 6.06. The lowest BCUT2D eigenvalue weighted by Gasteiger charge is -2.10. The first-order chi connectivity index (χ1) is 11.3. The van der Waals surface area contributed by atoms with Crippen molar-refractivity contribution in [3.8, 4) is 5.75 Å². The van der Waals surface area contributed by atoms with E-state index in [-0.39, 0.29) is 17.2 Å². The molecule has 0 aliphatic carbocycles. The van der Waals surface area contributed by atoms with Crippen molar-refractivity contribution in [2.45, 2.75) is 13.8 Å². The first-order valence-corrected chi connectivity index (χ1v) is 7.86. The maximum absolute atomic E-state index is 11.9.